The minimum atomic E-state index is -0.504. The zero-order chi connectivity index (χ0) is 16.9. The van der Waals surface area contributed by atoms with Gasteiger partial charge in [0, 0.05) is 4.90 Å². The van der Waals surface area contributed by atoms with E-state index in [0.717, 1.165) is 11.8 Å². The van der Waals surface area contributed by atoms with Crippen molar-refractivity contribution >= 4 is 24.1 Å². The molecule has 2 atom stereocenters. The zero-order valence-electron chi connectivity index (χ0n) is 13.5. The Hall–Kier alpha value is -2.11. The fourth-order valence-electron chi connectivity index (χ4n) is 2.86. The van der Waals surface area contributed by atoms with Gasteiger partial charge in [0.1, 0.15) is 12.3 Å². The van der Waals surface area contributed by atoms with Gasteiger partial charge in [-0.25, -0.2) is 4.31 Å². The van der Waals surface area contributed by atoms with Crippen LogP contribution in [0.5, 0.6) is 0 Å². The van der Waals surface area contributed by atoms with Crippen molar-refractivity contribution in [1.82, 2.24) is 9.62 Å². The smallest absolute Gasteiger partial charge is 0.239 e. The van der Waals surface area contributed by atoms with E-state index in [0.29, 0.717) is 12.8 Å². The molecule has 0 radical (unpaired) electrons. The Balaban J connectivity index is 1.66. The molecule has 0 bridgehead atoms. The highest BCUT2D eigenvalue weighted by Gasteiger charge is 2.30. The quantitative estimate of drug-likeness (QED) is 0.671. The molecule has 5 heteroatoms. The molecular weight excluding hydrogens is 320 g/mol. The van der Waals surface area contributed by atoms with Crippen LogP contribution in [0, 0.1) is 0 Å². The second kappa shape index (κ2) is 7.64. The van der Waals surface area contributed by atoms with Gasteiger partial charge < -0.3 is 10.1 Å². The molecule has 0 spiro atoms. The normalized spacial score (nSPS) is 18.5. The molecule has 0 saturated heterocycles. The predicted molar refractivity (Wildman–Crippen MR) is 95.7 cm³/mol. The van der Waals surface area contributed by atoms with Gasteiger partial charge in [0.2, 0.25) is 5.91 Å². The van der Waals surface area contributed by atoms with Crippen LogP contribution in [0.1, 0.15) is 11.1 Å². The van der Waals surface area contributed by atoms with Gasteiger partial charge >= 0.3 is 0 Å². The Morgan fingerprint density at radius 1 is 1.25 bits per heavy atom. The van der Waals surface area contributed by atoms with Crippen LogP contribution in [-0.2, 0) is 22.4 Å². The zero-order valence-corrected chi connectivity index (χ0v) is 14.3. The highest BCUT2D eigenvalue weighted by molar-refractivity contribution is 7.97. The Bertz CT molecular complexity index is 720. The molecule has 2 aromatic carbocycles. The van der Waals surface area contributed by atoms with Crippen molar-refractivity contribution in [2.45, 2.75) is 29.8 Å². The lowest BCUT2D eigenvalue weighted by molar-refractivity contribution is -0.127. The van der Waals surface area contributed by atoms with E-state index < -0.39 is 6.04 Å². The molecule has 1 aliphatic heterocycles. The molecule has 24 heavy (non-hydrogen) atoms. The number of hydrogen-bond donors (Lipinski definition) is 1. The number of nitrogens with zero attached hydrogens (tertiary/aromatic N) is 1. The van der Waals surface area contributed by atoms with Gasteiger partial charge in [0.25, 0.3) is 0 Å². The van der Waals surface area contributed by atoms with Crippen LogP contribution >= 0.6 is 11.9 Å². The number of carbonyl (C=O) groups is 2. The standard InChI is InChI=1S/C19H20N2O2S/c1-21-17(12-15-9-5-6-10-18(15)24-21)19(23)20-16(13-22)11-14-7-3-2-4-8-14/h2-10,13,16-17H,11-12H2,1H3,(H,20,23)/t16-,17?/m0/s1. The molecule has 1 aliphatic rings. The van der Waals surface area contributed by atoms with Crippen LogP contribution in [0.2, 0.25) is 0 Å². The Labute approximate surface area is 146 Å². The maximum Gasteiger partial charge on any atom is 0.239 e. The molecule has 2 aromatic rings. The number of fused-ring (bicyclic) bond motifs is 1. The molecule has 0 aromatic heterocycles. The summed E-state index contributed by atoms with van der Waals surface area (Å²) in [5, 5.41) is 2.88. The Kier molecular flexibility index (Phi) is 5.33. The van der Waals surface area contributed by atoms with Crippen LogP contribution in [0.15, 0.2) is 59.5 Å². The summed E-state index contributed by atoms with van der Waals surface area (Å²) in [6.45, 7) is 0. The Morgan fingerprint density at radius 2 is 1.96 bits per heavy atom. The average Bonchev–Trinajstić information content (AvgIpc) is 2.61. The van der Waals surface area contributed by atoms with Crippen LogP contribution in [-0.4, -0.2) is 35.6 Å². The average molecular weight is 340 g/mol. The molecular formula is C19H20N2O2S. The number of hydrogen-bond acceptors (Lipinski definition) is 4. The first-order valence-electron chi connectivity index (χ1n) is 7.95. The summed E-state index contributed by atoms with van der Waals surface area (Å²) in [7, 11) is 1.91. The summed E-state index contributed by atoms with van der Waals surface area (Å²) < 4.78 is 1.96. The maximum atomic E-state index is 12.7. The van der Waals surface area contributed by atoms with Gasteiger partial charge in [-0.1, -0.05) is 48.5 Å². The second-order valence-electron chi connectivity index (χ2n) is 5.91. The molecule has 1 unspecified atom stereocenters. The third kappa shape index (κ3) is 3.86. The lowest BCUT2D eigenvalue weighted by Crippen LogP contribution is -2.49. The number of likely N-dealkylation sites (N-methyl/N-ethyl adjacent to an activating group) is 1. The van der Waals surface area contributed by atoms with Gasteiger partial charge in [-0.05, 0) is 49.0 Å². The molecule has 4 nitrogen and oxygen atoms in total. The monoisotopic (exact) mass is 340 g/mol. The maximum absolute atomic E-state index is 12.7. The highest BCUT2D eigenvalue weighted by Crippen LogP contribution is 2.33. The number of rotatable bonds is 5. The molecule has 0 saturated carbocycles. The molecule has 0 fully saturated rings. The van der Waals surface area contributed by atoms with E-state index in [-0.39, 0.29) is 11.9 Å². The highest BCUT2D eigenvalue weighted by atomic mass is 32.2. The van der Waals surface area contributed by atoms with Gasteiger partial charge in [-0.3, -0.25) is 4.79 Å². The lowest BCUT2D eigenvalue weighted by atomic mass is 10.0. The summed E-state index contributed by atoms with van der Waals surface area (Å²) >= 11 is 1.57. The van der Waals surface area contributed by atoms with Crippen molar-refractivity contribution in [3.63, 3.8) is 0 Å². The molecule has 0 aliphatic carbocycles. The summed E-state index contributed by atoms with van der Waals surface area (Å²) in [5.41, 5.74) is 2.21. The summed E-state index contributed by atoms with van der Waals surface area (Å²) in [6, 6.07) is 17.0. The minimum absolute atomic E-state index is 0.104. The van der Waals surface area contributed by atoms with E-state index in [1.165, 1.54) is 10.5 Å². The number of aldehydes is 1. The third-order valence-corrected chi connectivity index (χ3v) is 5.30. The second-order valence-corrected chi connectivity index (χ2v) is 7.10. The molecule has 1 N–H and O–H groups in total. The number of benzene rings is 2. The van der Waals surface area contributed by atoms with Crippen molar-refractivity contribution in [2.75, 3.05) is 7.05 Å². The van der Waals surface area contributed by atoms with E-state index in [1.54, 1.807) is 11.9 Å². The molecule has 124 valence electrons. The van der Waals surface area contributed by atoms with Gasteiger partial charge in [0.05, 0.1) is 6.04 Å². The van der Waals surface area contributed by atoms with E-state index >= 15 is 0 Å². The van der Waals surface area contributed by atoms with Crippen molar-refractivity contribution in [3.05, 3.63) is 65.7 Å². The number of amides is 1. The van der Waals surface area contributed by atoms with Gasteiger partial charge in [-0.2, -0.15) is 0 Å². The third-order valence-electron chi connectivity index (χ3n) is 4.16. The fraction of sp³-hybridized carbons (Fsp3) is 0.263. The van der Waals surface area contributed by atoms with Crippen LogP contribution in [0.4, 0.5) is 0 Å². The van der Waals surface area contributed by atoms with Crippen LogP contribution in [0.25, 0.3) is 0 Å². The first-order chi connectivity index (χ1) is 11.7. The van der Waals surface area contributed by atoms with Crippen molar-refractivity contribution < 1.29 is 9.59 Å². The first kappa shape index (κ1) is 16.7. The van der Waals surface area contributed by atoms with Crippen molar-refractivity contribution in [3.8, 4) is 0 Å². The van der Waals surface area contributed by atoms with E-state index in [2.05, 4.69) is 17.4 Å². The topological polar surface area (TPSA) is 49.4 Å². The Morgan fingerprint density at radius 3 is 2.71 bits per heavy atom. The number of nitrogens with one attached hydrogen (secondary N) is 1. The van der Waals surface area contributed by atoms with Gasteiger partial charge in [0.15, 0.2) is 0 Å². The van der Waals surface area contributed by atoms with E-state index in [4.69, 9.17) is 0 Å². The van der Waals surface area contributed by atoms with Crippen molar-refractivity contribution in [1.29, 1.82) is 0 Å². The SMILES string of the molecule is CN1Sc2ccccc2CC1C(=O)N[C@H](C=O)Cc1ccccc1. The molecule has 1 heterocycles. The number of carbonyl (C=O) groups excluding carboxylic acids is 2. The summed E-state index contributed by atoms with van der Waals surface area (Å²) in [6.07, 6.45) is 1.98. The van der Waals surface area contributed by atoms with E-state index in [1.807, 2.05) is 53.8 Å². The fourth-order valence-corrected chi connectivity index (χ4v) is 3.87. The van der Waals surface area contributed by atoms with Crippen molar-refractivity contribution in [2.24, 2.45) is 0 Å². The van der Waals surface area contributed by atoms with Gasteiger partial charge in [-0.15, -0.1) is 0 Å². The largest absolute Gasteiger partial charge is 0.345 e. The molecule has 1 amide bonds. The predicted octanol–water partition coefficient (Wildman–Crippen LogP) is 2.48. The first-order valence-corrected chi connectivity index (χ1v) is 8.73. The van der Waals surface area contributed by atoms with Crippen LogP contribution < -0.4 is 5.32 Å². The lowest BCUT2D eigenvalue weighted by Gasteiger charge is -2.32. The molecule has 3 rings (SSSR count). The summed E-state index contributed by atoms with van der Waals surface area (Å²) in [5.74, 6) is -0.104. The van der Waals surface area contributed by atoms with Crippen LogP contribution in [0.3, 0.4) is 0 Å². The minimum Gasteiger partial charge on any atom is -0.345 e. The summed E-state index contributed by atoms with van der Waals surface area (Å²) in [4.78, 5) is 25.2. The van der Waals surface area contributed by atoms with E-state index in [9.17, 15) is 9.59 Å².